The molecule has 3 amide bonds. The number of anilines is 4. The van der Waals surface area contributed by atoms with Gasteiger partial charge in [-0.15, -0.1) is 0 Å². The number of phenols is 1. The molecule has 0 saturated heterocycles. The number of rotatable bonds is 26. The number of phenolic OH excluding ortho intramolecular Hbond substituents is 1. The van der Waals surface area contributed by atoms with Crippen molar-refractivity contribution < 1.29 is 70.5 Å². The lowest BCUT2D eigenvalue weighted by Crippen LogP contribution is -2.15. The summed E-state index contributed by atoms with van der Waals surface area (Å²) in [5.74, 6) is 3.21. The molecular formula is C99H127N27O15S. The third-order valence-corrected chi connectivity index (χ3v) is 19.4. The van der Waals surface area contributed by atoms with Gasteiger partial charge in [0.15, 0.2) is 11.5 Å². The van der Waals surface area contributed by atoms with Crippen molar-refractivity contribution in [1.29, 1.82) is 48.5 Å². The molecule has 42 N–H and O–H groups in total. The number of hydrogen-bond donors (Lipinski definition) is 27. The molecule has 0 aliphatic rings. The van der Waals surface area contributed by atoms with Crippen LogP contribution in [0.3, 0.4) is 0 Å². The van der Waals surface area contributed by atoms with E-state index in [-0.39, 0.29) is 68.6 Å². The fourth-order valence-corrected chi connectivity index (χ4v) is 11.4. The van der Waals surface area contributed by atoms with Crippen molar-refractivity contribution in [3.05, 3.63) is 338 Å². The Hall–Kier alpha value is -18.7. The number of carbonyl (C=O) groups excluding carboxylic acids is 3. The number of primary amides is 3. The van der Waals surface area contributed by atoms with Crippen molar-refractivity contribution in [2.24, 2.45) is 79.7 Å². The number of sulfonamides is 1. The van der Waals surface area contributed by atoms with Gasteiger partial charge in [0, 0.05) is 107 Å². The topological polar surface area (TPSA) is 830 Å². The van der Waals surface area contributed by atoms with E-state index in [1.807, 2.05) is 118 Å². The molecule has 754 valence electrons. The summed E-state index contributed by atoms with van der Waals surface area (Å²) in [6, 6.07) is 74.3. The van der Waals surface area contributed by atoms with E-state index in [1.54, 1.807) is 157 Å². The van der Waals surface area contributed by atoms with Crippen molar-refractivity contribution in [2.75, 3.05) is 107 Å². The molecule has 142 heavy (non-hydrogen) atoms. The molecule has 0 aliphatic heterocycles. The number of aromatic hydroxyl groups is 1. The Morgan fingerprint density at radius 3 is 1.03 bits per heavy atom. The number of hydrogen-bond acceptors (Lipinski definition) is 30. The first kappa shape index (κ1) is 121. The van der Waals surface area contributed by atoms with Crippen LogP contribution in [0.25, 0.3) is 0 Å². The van der Waals surface area contributed by atoms with Gasteiger partial charge in [0.25, 0.3) is 5.91 Å². The second kappa shape index (κ2) is 64.3. The summed E-state index contributed by atoms with van der Waals surface area (Å²) in [4.78, 5) is 32.1. The van der Waals surface area contributed by atoms with E-state index in [0.717, 1.165) is 56.6 Å². The average molecular weight is 1970 g/mol. The molecule has 42 nitrogen and oxygen atoms in total. The lowest BCUT2D eigenvalue weighted by Gasteiger charge is -2.07. The minimum absolute atomic E-state index is 0.00769. The first-order chi connectivity index (χ1) is 67.2. The molecule has 0 unspecified atom stereocenters. The molecule has 43 heteroatoms. The highest BCUT2D eigenvalue weighted by Crippen LogP contribution is 2.28. The lowest BCUT2D eigenvalue weighted by molar-refractivity contribution is 0.0989. The van der Waals surface area contributed by atoms with Crippen LogP contribution in [-0.2, 0) is 23.1 Å². The number of primary sulfonamides is 1. The van der Waals surface area contributed by atoms with Gasteiger partial charge in [-0.25, -0.2) is 13.6 Å². The van der Waals surface area contributed by atoms with Crippen molar-refractivity contribution in [3.8, 4) is 63.6 Å². The average Bonchev–Trinajstić information content (AvgIpc) is 0.811. The number of carbonyl (C=O) groups is 3. The minimum atomic E-state index is -3.82. The third kappa shape index (κ3) is 44.2. The van der Waals surface area contributed by atoms with Crippen LogP contribution >= 0.6 is 0 Å². The van der Waals surface area contributed by atoms with E-state index in [9.17, 15) is 27.9 Å². The third-order valence-electron chi connectivity index (χ3n) is 18.4. The Morgan fingerprint density at radius 2 is 0.634 bits per heavy atom. The molecule has 0 bridgehead atoms. The number of amides is 3. The summed E-state index contributed by atoms with van der Waals surface area (Å²) in [5.41, 5.74) is 87.0. The Morgan fingerprint density at radius 1 is 0.331 bits per heavy atom. The first-order valence-corrected chi connectivity index (χ1v) is 43.0. The van der Waals surface area contributed by atoms with Crippen LogP contribution in [0.1, 0.15) is 97.8 Å². The number of nitrogens with two attached hydrogens (primary N) is 15. The van der Waals surface area contributed by atoms with Gasteiger partial charge < -0.3 is 144 Å². The summed E-state index contributed by atoms with van der Waals surface area (Å²) in [6.07, 6.45) is 0. The number of benzene rings is 12. The maximum Gasteiger partial charge on any atom is 0.252 e. The van der Waals surface area contributed by atoms with E-state index >= 15 is 0 Å². The highest BCUT2D eigenvalue weighted by Gasteiger charge is 2.17. The molecule has 12 rings (SSSR count). The number of ether oxygens (including phenoxy) is 9. The molecule has 0 aliphatic carbocycles. The van der Waals surface area contributed by atoms with Crippen LogP contribution < -0.4 is 144 Å². The molecule has 0 spiro atoms. The van der Waals surface area contributed by atoms with Gasteiger partial charge in [-0.05, 0) is 200 Å². The van der Waals surface area contributed by atoms with Gasteiger partial charge in [0.05, 0.1) is 80.8 Å². The van der Waals surface area contributed by atoms with Crippen LogP contribution in [0, 0.1) is 61.5 Å². The molecule has 0 fully saturated rings. The van der Waals surface area contributed by atoms with E-state index in [1.165, 1.54) is 78.0 Å². The predicted octanol–water partition coefficient (Wildman–Crippen LogP) is 9.04. The Balaban J connectivity index is 0.000000776. The monoisotopic (exact) mass is 1970 g/mol. The van der Waals surface area contributed by atoms with Crippen LogP contribution in [0.5, 0.6) is 57.5 Å². The van der Waals surface area contributed by atoms with Gasteiger partial charge in [-0.2, -0.15) is 5.26 Å². The van der Waals surface area contributed by atoms with Gasteiger partial charge in [0.2, 0.25) is 21.8 Å². The summed E-state index contributed by atoms with van der Waals surface area (Å²) >= 11 is 0. The van der Waals surface area contributed by atoms with Gasteiger partial charge in [-0.3, -0.25) is 57.7 Å². The van der Waals surface area contributed by atoms with Crippen molar-refractivity contribution in [1.82, 2.24) is 0 Å². The number of nitrogens with one attached hydrogen (secondary N) is 11. The number of amidine groups is 8. The van der Waals surface area contributed by atoms with E-state index in [0.29, 0.717) is 103 Å². The van der Waals surface area contributed by atoms with Crippen molar-refractivity contribution >= 4 is 97.2 Å². The molecule has 0 heterocycles. The SMILES string of the molecule is CNc1cccc(C(=N)N)c1.CNc1cccc(C(N)=O)c1.CNc1cccc(CN)c1.COc1cc(C(=N)N)ccc1C.COc1cc(C(=N)N)ccc1C#N.COc1cc(C(=N)N)ccc1C(N)=O.COc1cc(C(=N)N)ccc1N.COc1cc(C(=N)N)ccc1O.COc1cc(C(=N)N)ccc1S(N)(=O)=O.COc1cccc(C(=N)N)c1.COc1cccc(C(N)=O)c1.COc1cccc(CN)c1. The number of methoxy groups -OCH3 is 9. The molecule has 12 aromatic carbocycles. The normalized spacial score (nSPS) is 9.49. The molecule has 0 radical (unpaired) electrons. The number of nitriles is 1. The molecule has 0 saturated carbocycles. The van der Waals surface area contributed by atoms with Crippen LogP contribution in [-0.4, -0.2) is 163 Å². The Labute approximate surface area is 825 Å². The van der Waals surface area contributed by atoms with Gasteiger partial charge >= 0.3 is 0 Å². The maximum absolute atomic E-state index is 11.1. The van der Waals surface area contributed by atoms with E-state index in [4.69, 9.17) is 177 Å². The zero-order valence-corrected chi connectivity index (χ0v) is 81.7. The zero-order chi connectivity index (χ0) is 107. The predicted molar refractivity (Wildman–Crippen MR) is 561 cm³/mol. The highest BCUT2D eigenvalue weighted by molar-refractivity contribution is 7.89. The molecule has 12 aromatic rings. The fourth-order valence-electron chi connectivity index (χ4n) is 10.7. The van der Waals surface area contributed by atoms with Crippen molar-refractivity contribution in [2.45, 2.75) is 24.9 Å². The number of nitrogen functional groups attached to an aromatic ring is 9. The van der Waals surface area contributed by atoms with Gasteiger partial charge in [0.1, 0.15) is 104 Å². The van der Waals surface area contributed by atoms with E-state index in [2.05, 4.69) is 16.0 Å². The molecular weight excluding hydrogens is 1840 g/mol. The smallest absolute Gasteiger partial charge is 0.252 e. The second-order valence-electron chi connectivity index (χ2n) is 28.1. The van der Waals surface area contributed by atoms with Crippen molar-refractivity contribution in [3.63, 3.8) is 0 Å². The summed E-state index contributed by atoms with van der Waals surface area (Å²) in [7, 11) is 15.2. The summed E-state index contributed by atoms with van der Waals surface area (Å²) in [6.45, 7) is 3.12. The number of nitrogens with zero attached hydrogens (tertiary/aromatic N) is 1. The van der Waals surface area contributed by atoms with Crippen LogP contribution in [0.4, 0.5) is 22.7 Å². The zero-order valence-electron chi connectivity index (χ0n) is 80.8. The largest absolute Gasteiger partial charge is 0.504 e. The summed E-state index contributed by atoms with van der Waals surface area (Å²) in [5, 5.41) is 89.0. The molecule has 0 aromatic heterocycles. The standard InChI is InChI=1S/C9H11N3O2.C9H9N3O.C9H12N2O.C8H11N3O3S.C8H11N3O.C8H11N3.C8H10N2O2.2C8H10N2O.C8H12N2.C8H9NO2.C8H11NO/c1-14-7-4-5(8(10)11)2-3-6(7)9(12)13;1-13-8-4-6(9(11)12)2-3-7(8)5-10;1-6-3-4-7(9(10)11)5-8(6)12-2;1-14-6-4-5(8(9)10)2-3-7(6)15(11,12)13;1-12-7-4-5(8(10)11)2-3-6(7)9;1-11-7-4-2-3-6(5-7)8(9)10;1-12-7-4-5(8(9)10)2-3-6(7)11;1-11-7-4-2-3-6(5-7)8(9)10;1-10-7-4-2-3-6(5-7)8(9)11;1-10-8-4-2-3-7(5-8)6-9;1-11-7-4-2-3-6(5-7)8(9)10;1-10-8-4-2-3-7(5-8)6-9/h2-4H,1H3,(H3,10,11)(H2,12,13);2-4H,1H3,(H3,11,12);3-5H,1-2H3,(H3,10,11);2-4H,1H3,(H3,9,10)(H2,11,12,13);2-4H,9H2,1H3,(H3,10,11);2-5,11H,1H3,(H3,9,10);2-4,11H,1H3,(H3,9,10);2-5H,1H3,(H3,9,10);2-5,10H,1H3,(H2,9,11);2-5,10H,6,9H2,1H3;2-5H,1H3,(H2,9,10);2-5H,6,9H2,1H3. The van der Waals surface area contributed by atoms with Gasteiger partial charge in [-0.1, -0.05) is 78.9 Å². The lowest BCUT2D eigenvalue weighted by atomic mass is 10.1. The first-order valence-electron chi connectivity index (χ1n) is 41.4. The maximum atomic E-state index is 11.1. The van der Waals surface area contributed by atoms with Crippen LogP contribution in [0.2, 0.25) is 0 Å². The highest BCUT2D eigenvalue weighted by atomic mass is 32.2. The minimum Gasteiger partial charge on any atom is -0.504 e. The summed E-state index contributed by atoms with van der Waals surface area (Å²) < 4.78 is 66.7. The number of aryl methyl sites for hydroxylation is 1. The molecule has 0 atom stereocenters. The quantitative estimate of drug-likeness (QED) is 0.0136. The second-order valence-corrected chi connectivity index (χ2v) is 29.6. The Bertz CT molecular complexity index is 5930. The van der Waals surface area contributed by atoms with E-state index < -0.39 is 27.7 Å². The fraction of sp³-hybridized carbons (Fsp3) is 0.152. The van der Waals surface area contributed by atoms with Crippen LogP contribution in [0.15, 0.2) is 260 Å². The Kier molecular flexibility index (Phi) is 55.0.